The third-order valence-electron chi connectivity index (χ3n) is 3.22. The summed E-state index contributed by atoms with van der Waals surface area (Å²) in [5.41, 5.74) is 0. The topological polar surface area (TPSA) is 30.5 Å². The van der Waals surface area contributed by atoms with E-state index in [1.807, 2.05) is 24.9 Å². The normalized spacial score (nSPS) is 15.9. The van der Waals surface area contributed by atoms with Gasteiger partial charge in [0, 0.05) is 23.1 Å². The maximum Gasteiger partial charge on any atom is 0.162 e. The molecule has 19 heavy (non-hydrogen) atoms. The molecule has 0 aliphatic carbocycles. The first-order chi connectivity index (χ1) is 9.33. The molecule has 0 bridgehead atoms. The SMILES string of the molecule is CCCC(CSc1ccc2c(c1)OCCCO2)NC. The van der Waals surface area contributed by atoms with E-state index in [0.29, 0.717) is 6.04 Å². The van der Waals surface area contributed by atoms with Gasteiger partial charge in [-0.3, -0.25) is 0 Å². The molecule has 2 rings (SSSR count). The van der Waals surface area contributed by atoms with Crippen molar-refractivity contribution in [2.24, 2.45) is 0 Å². The highest BCUT2D eigenvalue weighted by atomic mass is 32.2. The number of thioether (sulfide) groups is 1. The minimum absolute atomic E-state index is 0.575. The van der Waals surface area contributed by atoms with E-state index in [9.17, 15) is 0 Å². The lowest BCUT2D eigenvalue weighted by Crippen LogP contribution is -2.27. The van der Waals surface area contributed by atoms with Crippen molar-refractivity contribution in [1.29, 1.82) is 0 Å². The summed E-state index contributed by atoms with van der Waals surface area (Å²) in [4.78, 5) is 1.25. The molecule has 1 aromatic rings. The summed E-state index contributed by atoms with van der Waals surface area (Å²) < 4.78 is 11.4. The average Bonchev–Trinajstić information content (AvgIpc) is 2.68. The Kier molecular flexibility index (Phi) is 5.86. The first-order valence-corrected chi connectivity index (χ1v) is 8.01. The summed E-state index contributed by atoms with van der Waals surface area (Å²) in [5, 5.41) is 3.37. The Hall–Kier alpha value is -0.870. The van der Waals surface area contributed by atoms with E-state index in [0.717, 1.165) is 36.9 Å². The molecule has 3 nitrogen and oxygen atoms in total. The zero-order valence-corrected chi connectivity index (χ0v) is 12.6. The van der Waals surface area contributed by atoms with Crippen LogP contribution in [0, 0.1) is 0 Å². The van der Waals surface area contributed by atoms with Gasteiger partial charge in [0.15, 0.2) is 11.5 Å². The lowest BCUT2D eigenvalue weighted by atomic mass is 10.2. The number of hydrogen-bond donors (Lipinski definition) is 1. The minimum Gasteiger partial charge on any atom is -0.490 e. The lowest BCUT2D eigenvalue weighted by Gasteiger charge is -2.15. The van der Waals surface area contributed by atoms with Crippen molar-refractivity contribution in [3.63, 3.8) is 0 Å². The Morgan fingerprint density at radius 3 is 2.79 bits per heavy atom. The van der Waals surface area contributed by atoms with E-state index in [1.54, 1.807) is 0 Å². The molecule has 1 aliphatic heterocycles. The second-order valence-corrected chi connectivity index (χ2v) is 5.84. The maximum absolute atomic E-state index is 5.72. The molecule has 0 fully saturated rings. The van der Waals surface area contributed by atoms with Gasteiger partial charge in [0.25, 0.3) is 0 Å². The average molecular weight is 281 g/mol. The molecular weight excluding hydrogens is 258 g/mol. The van der Waals surface area contributed by atoms with Crippen molar-refractivity contribution in [3.8, 4) is 11.5 Å². The summed E-state index contributed by atoms with van der Waals surface area (Å²) in [5.74, 6) is 2.85. The van der Waals surface area contributed by atoms with Crippen molar-refractivity contribution in [2.45, 2.75) is 37.1 Å². The molecule has 1 atom stereocenters. The van der Waals surface area contributed by atoms with E-state index in [4.69, 9.17) is 9.47 Å². The minimum atomic E-state index is 0.575. The fourth-order valence-corrected chi connectivity index (χ4v) is 3.17. The van der Waals surface area contributed by atoms with Gasteiger partial charge in [-0.15, -0.1) is 11.8 Å². The van der Waals surface area contributed by atoms with Crippen LogP contribution in [0.25, 0.3) is 0 Å². The maximum atomic E-state index is 5.72. The first-order valence-electron chi connectivity index (χ1n) is 7.03. The predicted molar refractivity (Wildman–Crippen MR) is 80.5 cm³/mol. The Bertz CT molecular complexity index is 398. The van der Waals surface area contributed by atoms with Crippen LogP contribution in [0.1, 0.15) is 26.2 Å². The van der Waals surface area contributed by atoms with Crippen LogP contribution in [0.15, 0.2) is 23.1 Å². The number of benzene rings is 1. The monoisotopic (exact) mass is 281 g/mol. The highest BCUT2D eigenvalue weighted by Crippen LogP contribution is 2.34. The number of fused-ring (bicyclic) bond motifs is 1. The Labute approximate surface area is 120 Å². The highest BCUT2D eigenvalue weighted by molar-refractivity contribution is 7.99. The molecule has 4 heteroatoms. The Balaban J connectivity index is 1.95. The molecule has 1 heterocycles. The molecule has 1 aromatic carbocycles. The summed E-state index contributed by atoms with van der Waals surface area (Å²) in [6.45, 7) is 3.72. The van der Waals surface area contributed by atoms with Gasteiger partial charge in [-0.05, 0) is 31.7 Å². The van der Waals surface area contributed by atoms with E-state index in [-0.39, 0.29) is 0 Å². The number of rotatable bonds is 6. The van der Waals surface area contributed by atoms with Crippen LogP contribution in [0.4, 0.5) is 0 Å². The summed E-state index contributed by atoms with van der Waals surface area (Å²) in [6.07, 6.45) is 3.39. The fraction of sp³-hybridized carbons (Fsp3) is 0.600. The summed E-state index contributed by atoms with van der Waals surface area (Å²) in [6, 6.07) is 6.82. The van der Waals surface area contributed by atoms with E-state index < -0.39 is 0 Å². The first kappa shape index (κ1) is 14.5. The summed E-state index contributed by atoms with van der Waals surface area (Å²) in [7, 11) is 2.04. The van der Waals surface area contributed by atoms with Gasteiger partial charge in [-0.25, -0.2) is 0 Å². The van der Waals surface area contributed by atoms with Crippen molar-refractivity contribution in [3.05, 3.63) is 18.2 Å². The second-order valence-electron chi connectivity index (χ2n) is 4.74. The van der Waals surface area contributed by atoms with Gasteiger partial charge < -0.3 is 14.8 Å². The van der Waals surface area contributed by atoms with Gasteiger partial charge in [0.2, 0.25) is 0 Å². The second kappa shape index (κ2) is 7.65. The van der Waals surface area contributed by atoms with Gasteiger partial charge in [0.05, 0.1) is 13.2 Å². The predicted octanol–water partition coefficient (Wildman–Crippen LogP) is 3.33. The van der Waals surface area contributed by atoms with Crippen LogP contribution in [0.2, 0.25) is 0 Å². The highest BCUT2D eigenvalue weighted by Gasteiger charge is 2.12. The molecule has 0 amide bonds. The molecule has 0 saturated heterocycles. The zero-order chi connectivity index (χ0) is 13.5. The largest absolute Gasteiger partial charge is 0.490 e. The van der Waals surface area contributed by atoms with Gasteiger partial charge >= 0.3 is 0 Å². The molecule has 0 saturated carbocycles. The third-order valence-corrected chi connectivity index (χ3v) is 4.37. The smallest absolute Gasteiger partial charge is 0.162 e. The molecule has 106 valence electrons. The number of ether oxygens (including phenoxy) is 2. The fourth-order valence-electron chi connectivity index (χ4n) is 2.09. The molecule has 1 aliphatic rings. The van der Waals surface area contributed by atoms with E-state index in [2.05, 4.69) is 24.4 Å². The van der Waals surface area contributed by atoms with Crippen LogP contribution >= 0.6 is 11.8 Å². The molecule has 1 N–H and O–H groups in total. The zero-order valence-electron chi connectivity index (χ0n) is 11.8. The number of nitrogens with one attached hydrogen (secondary N) is 1. The summed E-state index contributed by atoms with van der Waals surface area (Å²) >= 11 is 1.87. The van der Waals surface area contributed by atoms with Gasteiger partial charge in [-0.2, -0.15) is 0 Å². The van der Waals surface area contributed by atoms with Crippen LogP contribution < -0.4 is 14.8 Å². The Morgan fingerprint density at radius 1 is 1.26 bits per heavy atom. The molecule has 0 aromatic heterocycles. The van der Waals surface area contributed by atoms with Crippen LogP contribution in [-0.2, 0) is 0 Å². The standard InChI is InChI=1S/C15H23NO2S/c1-3-5-12(16-2)11-19-13-6-7-14-15(10-13)18-9-4-8-17-14/h6-7,10,12,16H,3-5,8-9,11H2,1-2H3. The van der Waals surface area contributed by atoms with Crippen LogP contribution in [-0.4, -0.2) is 32.1 Å². The van der Waals surface area contributed by atoms with Crippen molar-refractivity contribution >= 4 is 11.8 Å². The van der Waals surface area contributed by atoms with Gasteiger partial charge in [0.1, 0.15) is 0 Å². The quantitative estimate of drug-likeness (QED) is 0.810. The van der Waals surface area contributed by atoms with Crippen molar-refractivity contribution in [2.75, 3.05) is 26.0 Å². The molecule has 0 radical (unpaired) electrons. The molecule has 0 spiro atoms. The van der Waals surface area contributed by atoms with Crippen molar-refractivity contribution in [1.82, 2.24) is 5.32 Å². The van der Waals surface area contributed by atoms with Crippen LogP contribution in [0.5, 0.6) is 11.5 Å². The van der Waals surface area contributed by atoms with E-state index >= 15 is 0 Å². The van der Waals surface area contributed by atoms with Gasteiger partial charge in [-0.1, -0.05) is 13.3 Å². The number of hydrogen-bond acceptors (Lipinski definition) is 4. The van der Waals surface area contributed by atoms with E-state index in [1.165, 1.54) is 17.7 Å². The Morgan fingerprint density at radius 2 is 2.05 bits per heavy atom. The molecular formula is C15H23NO2S. The van der Waals surface area contributed by atoms with Crippen LogP contribution in [0.3, 0.4) is 0 Å². The van der Waals surface area contributed by atoms with Crippen molar-refractivity contribution < 1.29 is 9.47 Å². The lowest BCUT2D eigenvalue weighted by molar-refractivity contribution is 0.297. The molecule has 1 unspecified atom stereocenters. The third kappa shape index (κ3) is 4.32.